The Morgan fingerprint density at radius 2 is 1.73 bits per heavy atom. The average molecular weight is 326 g/mol. The van der Waals surface area contributed by atoms with Crippen molar-refractivity contribution in [2.75, 3.05) is 13.6 Å². The first-order chi connectivity index (χ1) is 10.5. The van der Waals surface area contributed by atoms with Gasteiger partial charge in [0.15, 0.2) is 0 Å². The summed E-state index contributed by atoms with van der Waals surface area (Å²) in [6, 6.07) is 7.70. The first kappa shape index (κ1) is 17.4. The quantitative estimate of drug-likeness (QED) is 0.803. The van der Waals surface area contributed by atoms with Gasteiger partial charge in [-0.15, -0.1) is 0 Å². The molecule has 2 rings (SSSR count). The van der Waals surface area contributed by atoms with Crippen LogP contribution in [0.4, 0.5) is 0 Å². The van der Waals surface area contributed by atoms with E-state index in [4.69, 9.17) is 5.11 Å². The number of hydrogen-bond donors (Lipinski definition) is 2. The van der Waals surface area contributed by atoms with Crippen molar-refractivity contribution in [3.8, 4) is 0 Å². The van der Waals surface area contributed by atoms with Crippen LogP contribution in [0, 0.1) is 0 Å². The summed E-state index contributed by atoms with van der Waals surface area (Å²) in [6.07, 6.45) is 5.99. The molecule has 124 valence electrons. The van der Waals surface area contributed by atoms with E-state index in [1.807, 2.05) is 24.3 Å². The second kappa shape index (κ2) is 8.06. The normalized spacial score (nSPS) is 17.0. The Labute approximate surface area is 133 Å². The summed E-state index contributed by atoms with van der Waals surface area (Å²) in [5, 5.41) is 9.00. The van der Waals surface area contributed by atoms with Crippen LogP contribution in [0.5, 0.6) is 0 Å². The third-order valence-electron chi connectivity index (χ3n) is 4.37. The molecule has 0 atom stereocenters. The van der Waals surface area contributed by atoms with E-state index in [-0.39, 0.29) is 12.6 Å². The van der Waals surface area contributed by atoms with Gasteiger partial charge in [-0.25, -0.2) is 4.72 Å². The van der Waals surface area contributed by atoms with Crippen molar-refractivity contribution in [3.05, 3.63) is 35.4 Å². The highest BCUT2D eigenvalue weighted by Crippen LogP contribution is 2.22. The summed E-state index contributed by atoms with van der Waals surface area (Å²) >= 11 is 0. The van der Waals surface area contributed by atoms with Gasteiger partial charge in [-0.05, 0) is 30.4 Å². The molecule has 0 aliphatic heterocycles. The summed E-state index contributed by atoms with van der Waals surface area (Å²) in [4.78, 5) is 0. The molecular formula is C16H26N2O3S. The summed E-state index contributed by atoms with van der Waals surface area (Å²) < 4.78 is 28.8. The zero-order chi connectivity index (χ0) is 16.0. The Balaban J connectivity index is 1.83. The lowest BCUT2D eigenvalue weighted by molar-refractivity contribution is 0.282. The molecule has 0 radical (unpaired) electrons. The molecule has 5 nitrogen and oxygen atoms in total. The van der Waals surface area contributed by atoms with E-state index in [2.05, 4.69) is 4.72 Å². The molecule has 0 aromatic heterocycles. The van der Waals surface area contributed by atoms with E-state index in [0.717, 1.165) is 36.8 Å². The first-order valence-electron chi connectivity index (χ1n) is 7.94. The van der Waals surface area contributed by atoms with Crippen LogP contribution in [0.3, 0.4) is 0 Å². The van der Waals surface area contributed by atoms with Crippen LogP contribution in [0.25, 0.3) is 0 Å². The molecule has 1 aliphatic carbocycles. The number of nitrogens with zero attached hydrogens (tertiary/aromatic N) is 1. The van der Waals surface area contributed by atoms with Crippen molar-refractivity contribution in [3.63, 3.8) is 0 Å². The fourth-order valence-corrected chi connectivity index (χ4v) is 4.05. The fourth-order valence-electron chi connectivity index (χ4n) is 2.88. The maximum absolute atomic E-state index is 12.3. The van der Waals surface area contributed by atoms with Gasteiger partial charge in [0.1, 0.15) is 0 Å². The minimum absolute atomic E-state index is 0.0269. The van der Waals surface area contributed by atoms with Gasteiger partial charge in [-0.2, -0.15) is 12.7 Å². The van der Waals surface area contributed by atoms with E-state index >= 15 is 0 Å². The number of nitrogens with one attached hydrogen (secondary N) is 1. The van der Waals surface area contributed by atoms with Crippen molar-refractivity contribution in [2.24, 2.45) is 0 Å². The van der Waals surface area contributed by atoms with Crippen LogP contribution in [0.1, 0.15) is 43.2 Å². The van der Waals surface area contributed by atoms with Gasteiger partial charge in [0, 0.05) is 19.6 Å². The maximum atomic E-state index is 12.3. The van der Waals surface area contributed by atoms with Gasteiger partial charge in [0.05, 0.1) is 6.61 Å². The molecule has 1 fully saturated rings. The van der Waals surface area contributed by atoms with Crippen LogP contribution in [-0.2, 0) is 23.2 Å². The van der Waals surface area contributed by atoms with Crippen LogP contribution in [-0.4, -0.2) is 37.5 Å². The molecule has 2 N–H and O–H groups in total. The minimum Gasteiger partial charge on any atom is -0.392 e. The van der Waals surface area contributed by atoms with Gasteiger partial charge < -0.3 is 5.11 Å². The Bertz CT molecular complexity index is 551. The lowest BCUT2D eigenvalue weighted by Gasteiger charge is -2.30. The van der Waals surface area contributed by atoms with Crippen LogP contribution >= 0.6 is 0 Å². The third-order valence-corrected chi connectivity index (χ3v) is 6.00. The zero-order valence-corrected chi connectivity index (χ0v) is 14.0. The lowest BCUT2D eigenvalue weighted by Crippen LogP contribution is -2.45. The highest BCUT2D eigenvalue weighted by molar-refractivity contribution is 7.87. The number of hydrogen-bond acceptors (Lipinski definition) is 3. The smallest absolute Gasteiger partial charge is 0.279 e. The molecule has 0 spiro atoms. The summed E-state index contributed by atoms with van der Waals surface area (Å²) in [7, 11) is -1.72. The van der Waals surface area contributed by atoms with Crippen molar-refractivity contribution in [2.45, 2.75) is 51.2 Å². The highest BCUT2D eigenvalue weighted by atomic mass is 32.2. The van der Waals surface area contributed by atoms with Gasteiger partial charge in [-0.1, -0.05) is 43.5 Å². The minimum atomic E-state index is -3.40. The second-order valence-electron chi connectivity index (χ2n) is 5.93. The fraction of sp³-hybridized carbons (Fsp3) is 0.625. The number of aliphatic hydroxyl groups is 1. The van der Waals surface area contributed by atoms with Crippen molar-refractivity contribution in [1.82, 2.24) is 9.03 Å². The maximum Gasteiger partial charge on any atom is 0.279 e. The number of aliphatic hydroxyl groups excluding tert-OH is 1. The molecule has 0 amide bonds. The van der Waals surface area contributed by atoms with Gasteiger partial charge in [-0.3, -0.25) is 0 Å². The van der Waals surface area contributed by atoms with Crippen molar-refractivity contribution < 1.29 is 13.5 Å². The van der Waals surface area contributed by atoms with E-state index < -0.39 is 10.2 Å². The Morgan fingerprint density at radius 1 is 1.14 bits per heavy atom. The Morgan fingerprint density at radius 3 is 2.32 bits per heavy atom. The average Bonchev–Trinajstić information content (AvgIpc) is 2.55. The number of benzene rings is 1. The molecule has 0 unspecified atom stereocenters. The van der Waals surface area contributed by atoms with E-state index in [9.17, 15) is 8.42 Å². The third kappa shape index (κ3) is 4.78. The molecule has 1 aromatic rings. The van der Waals surface area contributed by atoms with Gasteiger partial charge in [0.25, 0.3) is 10.2 Å². The van der Waals surface area contributed by atoms with Crippen LogP contribution in [0.2, 0.25) is 0 Å². The SMILES string of the molecule is CN(C1CCCCC1)S(=O)(=O)NCCc1ccc(CO)cc1. The first-order valence-corrected chi connectivity index (χ1v) is 9.38. The molecule has 0 saturated heterocycles. The largest absolute Gasteiger partial charge is 0.392 e. The molecule has 1 saturated carbocycles. The monoisotopic (exact) mass is 326 g/mol. The lowest BCUT2D eigenvalue weighted by atomic mass is 9.96. The molecule has 1 aromatic carbocycles. The van der Waals surface area contributed by atoms with Crippen molar-refractivity contribution in [1.29, 1.82) is 0 Å². The molecular weight excluding hydrogens is 300 g/mol. The Kier molecular flexibility index (Phi) is 6.37. The van der Waals surface area contributed by atoms with Gasteiger partial charge in [0.2, 0.25) is 0 Å². The predicted molar refractivity (Wildman–Crippen MR) is 87.6 cm³/mol. The molecule has 0 heterocycles. The zero-order valence-electron chi connectivity index (χ0n) is 13.2. The second-order valence-corrected chi connectivity index (χ2v) is 7.75. The van der Waals surface area contributed by atoms with Crippen LogP contribution in [0.15, 0.2) is 24.3 Å². The predicted octanol–water partition coefficient (Wildman–Crippen LogP) is 1.82. The standard InChI is InChI=1S/C16H26N2O3S/c1-18(16-5-3-2-4-6-16)22(20,21)17-12-11-14-7-9-15(13-19)10-8-14/h7-10,16-17,19H,2-6,11-13H2,1H3. The molecule has 1 aliphatic rings. The highest BCUT2D eigenvalue weighted by Gasteiger charge is 2.26. The number of rotatable bonds is 7. The Hall–Kier alpha value is -0.950. The van der Waals surface area contributed by atoms with E-state index in [0.29, 0.717) is 13.0 Å². The van der Waals surface area contributed by atoms with E-state index in [1.54, 1.807) is 7.05 Å². The summed E-state index contributed by atoms with van der Waals surface area (Å²) in [5.74, 6) is 0. The molecule has 6 heteroatoms. The molecule has 0 bridgehead atoms. The van der Waals surface area contributed by atoms with Crippen molar-refractivity contribution >= 4 is 10.2 Å². The molecule has 22 heavy (non-hydrogen) atoms. The topological polar surface area (TPSA) is 69.6 Å². The van der Waals surface area contributed by atoms with Crippen LogP contribution < -0.4 is 4.72 Å². The van der Waals surface area contributed by atoms with Gasteiger partial charge >= 0.3 is 0 Å². The summed E-state index contributed by atoms with van der Waals surface area (Å²) in [6.45, 7) is 0.414. The summed E-state index contributed by atoms with van der Waals surface area (Å²) in [5.41, 5.74) is 1.92. The van der Waals surface area contributed by atoms with E-state index in [1.165, 1.54) is 10.7 Å².